The molecule has 1 aliphatic carbocycles. The van der Waals surface area contributed by atoms with Crippen molar-refractivity contribution in [2.45, 2.75) is 51.9 Å². The third kappa shape index (κ3) is 5.61. The maximum absolute atomic E-state index is 13.8. The van der Waals surface area contributed by atoms with Gasteiger partial charge in [-0.05, 0) is 55.0 Å². The van der Waals surface area contributed by atoms with Gasteiger partial charge < -0.3 is 19.9 Å². The predicted molar refractivity (Wildman–Crippen MR) is 133 cm³/mol. The number of hydrogen-bond donors (Lipinski definition) is 1. The molecule has 6 nitrogen and oxygen atoms in total. The Morgan fingerprint density at radius 1 is 1.17 bits per heavy atom. The molecule has 2 aromatic rings. The van der Waals surface area contributed by atoms with Crippen LogP contribution < -0.4 is 15.0 Å². The van der Waals surface area contributed by atoms with Crippen molar-refractivity contribution in [3.8, 4) is 5.75 Å². The Balaban J connectivity index is 1.35. The molecule has 4 rings (SSSR count). The van der Waals surface area contributed by atoms with Gasteiger partial charge in [0.15, 0.2) is 0 Å². The summed E-state index contributed by atoms with van der Waals surface area (Å²) in [5, 5.41) is 3.63. The van der Waals surface area contributed by atoms with Crippen molar-refractivity contribution in [2.24, 2.45) is 11.3 Å². The normalized spacial score (nSPS) is 22.8. The fourth-order valence-corrected chi connectivity index (χ4v) is 5.44. The summed E-state index contributed by atoms with van der Waals surface area (Å²) in [6.07, 6.45) is -0.650. The summed E-state index contributed by atoms with van der Waals surface area (Å²) in [6.45, 7) is 6.86. The number of piperazine rings is 1. The van der Waals surface area contributed by atoms with E-state index in [1.165, 1.54) is 11.8 Å². The van der Waals surface area contributed by atoms with Gasteiger partial charge in [-0.1, -0.05) is 26.0 Å². The van der Waals surface area contributed by atoms with E-state index in [1.807, 2.05) is 34.1 Å². The Morgan fingerprint density at radius 3 is 2.47 bits per heavy atom. The fraction of sp³-hybridized carbons (Fsp3) is 0.556. The third-order valence-electron chi connectivity index (χ3n) is 7.80. The van der Waals surface area contributed by atoms with E-state index in [4.69, 9.17) is 4.74 Å². The van der Waals surface area contributed by atoms with Crippen molar-refractivity contribution in [2.75, 3.05) is 38.2 Å². The minimum atomic E-state index is -4.40. The highest BCUT2D eigenvalue weighted by molar-refractivity contribution is 5.84. The molecule has 36 heavy (non-hydrogen) atoms. The van der Waals surface area contributed by atoms with Crippen LogP contribution >= 0.6 is 0 Å². The summed E-state index contributed by atoms with van der Waals surface area (Å²) in [6, 6.07) is 10.3. The van der Waals surface area contributed by atoms with Gasteiger partial charge in [-0.15, -0.1) is 0 Å². The number of methoxy groups -OCH3 is 1. The molecule has 1 aromatic heterocycles. The number of pyridine rings is 1. The first-order chi connectivity index (χ1) is 17.1. The number of carbonyl (C=O) groups excluding carboxylic acids is 1. The predicted octanol–water partition coefficient (Wildman–Crippen LogP) is 4.74. The topological polar surface area (TPSA) is 57.7 Å². The Hall–Kier alpha value is -2.81. The standard InChI is InChI=1S/C27H35F3N4O2/c1-19(2)26(10-8-22(17-26)32-18-20-4-6-23(36-3)7-5-20)25(35)34-14-12-33(13-15-34)24-16-21(9-11-31-24)27(28,29)30/h4-7,9,11,16,19,22,32H,8,10,12-15,17-18H2,1-3H3/t22-,26?/m1/s1. The number of halogens is 3. The van der Waals surface area contributed by atoms with Crippen LogP contribution in [-0.4, -0.2) is 55.1 Å². The van der Waals surface area contributed by atoms with Gasteiger partial charge in [-0.2, -0.15) is 13.2 Å². The van der Waals surface area contributed by atoms with E-state index in [0.717, 1.165) is 43.7 Å². The summed E-state index contributed by atoms with van der Waals surface area (Å²) < 4.78 is 44.5. The minimum absolute atomic E-state index is 0.169. The molecule has 1 unspecified atom stereocenters. The van der Waals surface area contributed by atoms with Crippen LogP contribution in [0.15, 0.2) is 42.6 Å². The van der Waals surface area contributed by atoms with E-state index >= 15 is 0 Å². The number of nitrogens with zero attached hydrogens (tertiary/aromatic N) is 3. The van der Waals surface area contributed by atoms with Crippen molar-refractivity contribution < 1.29 is 22.7 Å². The lowest BCUT2D eigenvalue weighted by Gasteiger charge is -2.42. The molecule has 0 radical (unpaired) electrons. The molecular weight excluding hydrogens is 469 g/mol. The molecule has 2 heterocycles. The summed E-state index contributed by atoms with van der Waals surface area (Å²) in [5.41, 5.74) is 0.0428. The second-order valence-electron chi connectivity index (χ2n) is 10.2. The Kier molecular flexibility index (Phi) is 7.78. The summed E-state index contributed by atoms with van der Waals surface area (Å²) in [5.74, 6) is 1.50. The van der Waals surface area contributed by atoms with Gasteiger partial charge in [0.2, 0.25) is 5.91 Å². The summed E-state index contributed by atoms with van der Waals surface area (Å²) >= 11 is 0. The Bertz CT molecular complexity index is 1040. The van der Waals surface area contributed by atoms with E-state index in [0.29, 0.717) is 32.0 Å². The smallest absolute Gasteiger partial charge is 0.416 e. The molecular formula is C27H35F3N4O2. The number of anilines is 1. The van der Waals surface area contributed by atoms with Crippen molar-refractivity contribution in [3.05, 3.63) is 53.7 Å². The average Bonchev–Trinajstić information content (AvgIpc) is 3.33. The molecule has 1 N–H and O–H groups in total. The number of nitrogens with one attached hydrogen (secondary N) is 1. The van der Waals surface area contributed by atoms with Gasteiger partial charge in [0, 0.05) is 45.0 Å². The van der Waals surface area contributed by atoms with E-state index in [-0.39, 0.29) is 17.9 Å². The van der Waals surface area contributed by atoms with E-state index in [1.54, 1.807) is 7.11 Å². The zero-order valence-corrected chi connectivity index (χ0v) is 21.1. The number of carbonyl (C=O) groups is 1. The van der Waals surface area contributed by atoms with Gasteiger partial charge in [0.25, 0.3) is 0 Å². The lowest BCUT2D eigenvalue weighted by atomic mass is 9.74. The second-order valence-corrected chi connectivity index (χ2v) is 10.2. The first kappa shape index (κ1) is 26.3. The minimum Gasteiger partial charge on any atom is -0.497 e. The van der Waals surface area contributed by atoms with Crippen LogP contribution in [0, 0.1) is 11.3 Å². The molecule has 1 aliphatic heterocycles. The summed E-state index contributed by atoms with van der Waals surface area (Å²) in [4.78, 5) is 21.6. The van der Waals surface area contributed by atoms with Crippen LogP contribution in [0.4, 0.5) is 19.0 Å². The molecule has 1 aromatic carbocycles. The van der Waals surface area contributed by atoms with Crippen molar-refractivity contribution in [3.63, 3.8) is 0 Å². The third-order valence-corrected chi connectivity index (χ3v) is 7.80. The number of ether oxygens (including phenoxy) is 1. The summed E-state index contributed by atoms with van der Waals surface area (Å²) in [7, 11) is 1.65. The number of amides is 1. The highest BCUT2D eigenvalue weighted by atomic mass is 19.4. The Labute approximate surface area is 210 Å². The first-order valence-electron chi connectivity index (χ1n) is 12.6. The lowest BCUT2D eigenvalue weighted by molar-refractivity contribution is -0.145. The van der Waals surface area contributed by atoms with Gasteiger partial charge >= 0.3 is 6.18 Å². The fourth-order valence-electron chi connectivity index (χ4n) is 5.44. The first-order valence-corrected chi connectivity index (χ1v) is 12.6. The lowest BCUT2D eigenvalue weighted by Crippen LogP contribution is -2.54. The van der Waals surface area contributed by atoms with Crippen molar-refractivity contribution >= 4 is 11.7 Å². The molecule has 2 aliphatic rings. The highest BCUT2D eigenvalue weighted by Crippen LogP contribution is 2.46. The van der Waals surface area contributed by atoms with Gasteiger partial charge in [0.05, 0.1) is 18.1 Å². The zero-order valence-electron chi connectivity index (χ0n) is 21.1. The molecule has 2 atom stereocenters. The van der Waals surface area contributed by atoms with Gasteiger partial charge in [-0.3, -0.25) is 4.79 Å². The molecule has 9 heteroatoms. The number of alkyl halides is 3. The van der Waals surface area contributed by atoms with Gasteiger partial charge in [-0.25, -0.2) is 4.98 Å². The second kappa shape index (κ2) is 10.7. The van der Waals surface area contributed by atoms with Gasteiger partial charge in [0.1, 0.15) is 11.6 Å². The van der Waals surface area contributed by atoms with Crippen LogP contribution in [0.2, 0.25) is 0 Å². The molecule has 0 bridgehead atoms. The molecule has 2 fully saturated rings. The number of benzene rings is 1. The van der Waals surface area contributed by atoms with E-state index < -0.39 is 17.2 Å². The maximum Gasteiger partial charge on any atom is 0.416 e. The van der Waals surface area contributed by atoms with Crippen LogP contribution in [0.5, 0.6) is 5.75 Å². The molecule has 1 saturated heterocycles. The van der Waals surface area contributed by atoms with Crippen molar-refractivity contribution in [1.82, 2.24) is 15.2 Å². The largest absolute Gasteiger partial charge is 0.497 e. The Morgan fingerprint density at radius 2 is 1.86 bits per heavy atom. The monoisotopic (exact) mass is 504 g/mol. The van der Waals surface area contributed by atoms with Crippen LogP contribution in [0.25, 0.3) is 0 Å². The number of aromatic nitrogens is 1. The molecule has 0 spiro atoms. The molecule has 1 amide bonds. The molecule has 1 saturated carbocycles. The SMILES string of the molecule is COc1ccc(CN[C@@H]2CCC(C(=O)N3CCN(c4cc(C(F)(F)F)ccn4)CC3)(C(C)C)C2)cc1. The quantitative estimate of drug-likeness (QED) is 0.590. The van der Waals surface area contributed by atoms with Crippen LogP contribution in [0.3, 0.4) is 0 Å². The average molecular weight is 505 g/mol. The zero-order chi connectivity index (χ0) is 25.9. The number of hydrogen-bond acceptors (Lipinski definition) is 5. The maximum atomic E-state index is 13.8. The van der Waals surface area contributed by atoms with Crippen LogP contribution in [0.1, 0.15) is 44.2 Å². The number of rotatable bonds is 7. The van der Waals surface area contributed by atoms with Crippen molar-refractivity contribution in [1.29, 1.82) is 0 Å². The molecule has 196 valence electrons. The van der Waals surface area contributed by atoms with Crippen LogP contribution in [-0.2, 0) is 17.5 Å². The van der Waals surface area contributed by atoms with E-state index in [9.17, 15) is 18.0 Å². The van der Waals surface area contributed by atoms with E-state index in [2.05, 4.69) is 24.1 Å². The highest BCUT2D eigenvalue weighted by Gasteiger charge is 2.49.